The van der Waals surface area contributed by atoms with Crippen LogP contribution in [-0.2, 0) is 13.5 Å². The average Bonchev–Trinajstić information content (AvgIpc) is 2.37. The highest BCUT2D eigenvalue weighted by atomic mass is 15.4. The molecule has 0 radical (unpaired) electrons. The zero-order chi connectivity index (χ0) is 8.10. The van der Waals surface area contributed by atoms with E-state index in [0.29, 0.717) is 0 Å². The Balaban J connectivity index is 2.27. The molecule has 0 saturated carbocycles. The Morgan fingerprint density at radius 2 is 2.36 bits per heavy atom. The van der Waals surface area contributed by atoms with E-state index in [4.69, 9.17) is 5.73 Å². The number of nitrogens with zero attached hydrogens (tertiary/aromatic N) is 3. The minimum Gasteiger partial charge on any atom is -0.330 e. The Kier molecular flexibility index (Phi) is 3.04. The standard InChI is InChI=1S/C7H14N4/c1-11-9-6-7(10-11)4-2-3-5-8/h6H,2-5,8H2,1H3. The van der Waals surface area contributed by atoms with Gasteiger partial charge in [-0.2, -0.15) is 15.0 Å². The largest absolute Gasteiger partial charge is 0.330 e. The zero-order valence-corrected chi connectivity index (χ0v) is 6.82. The lowest BCUT2D eigenvalue weighted by Gasteiger charge is -1.92. The summed E-state index contributed by atoms with van der Waals surface area (Å²) in [6.45, 7) is 0.764. The number of aryl methyl sites for hydroxylation is 2. The van der Waals surface area contributed by atoms with E-state index in [1.807, 2.05) is 7.05 Å². The average molecular weight is 154 g/mol. The first-order valence-electron chi connectivity index (χ1n) is 3.88. The predicted molar refractivity (Wildman–Crippen MR) is 43.0 cm³/mol. The quantitative estimate of drug-likeness (QED) is 0.625. The molecular weight excluding hydrogens is 140 g/mol. The molecule has 4 nitrogen and oxygen atoms in total. The molecular formula is C7H14N4. The van der Waals surface area contributed by atoms with Crippen molar-refractivity contribution < 1.29 is 0 Å². The van der Waals surface area contributed by atoms with Crippen molar-refractivity contribution in [2.75, 3.05) is 6.54 Å². The minimum absolute atomic E-state index is 0.764. The SMILES string of the molecule is Cn1ncc(CCCCN)n1. The topological polar surface area (TPSA) is 56.7 Å². The molecule has 0 saturated heterocycles. The van der Waals surface area contributed by atoms with Crippen LogP contribution in [0, 0.1) is 0 Å². The molecule has 11 heavy (non-hydrogen) atoms. The maximum Gasteiger partial charge on any atom is 0.0827 e. The van der Waals surface area contributed by atoms with Gasteiger partial charge in [0, 0.05) is 7.05 Å². The minimum atomic E-state index is 0.764. The lowest BCUT2D eigenvalue weighted by Crippen LogP contribution is -1.99. The molecule has 2 N–H and O–H groups in total. The van der Waals surface area contributed by atoms with E-state index < -0.39 is 0 Å². The third kappa shape index (κ3) is 2.67. The Hall–Kier alpha value is -0.900. The summed E-state index contributed by atoms with van der Waals surface area (Å²) in [7, 11) is 1.83. The van der Waals surface area contributed by atoms with Crippen LogP contribution in [0.1, 0.15) is 18.5 Å². The van der Waals surface area contributed by atoms with Gasteiger partial charge in [0.1, 0.15) is 0 Å². The number of hydrogen-bond acceptors (Lipinski definition) is 3. The molecule has 0 bridgehead atoms. The van der Waals surface area contributed by atoms with Crippen molar-refractivity contribution in [3.63, 3.8) is 0 Å². The van der Waals surface area contributed by atoms with Crippen molar-refractivity contribution in [3.05, 3.63) is 11.9 Å². The number of unbranched alkanes of at least 4 members (excludes halogenated alkanes) is 1. The van der Waals surface area contributed by atoms with E-state index in [2.05, 4.69) is 10.2 Å². The van der Waals surface area contributed by atoms with Crippen LogP contribution in [0.3, 0.4) is 0 Å². The molecule has 1 heterocycles. The first-order valence-corrected chi connectivity index (χ1v) is 3.88. The Labute approximate surface area is 66.4 Å². The molecule has 0 unspecified atom stereocenters. The second-order valence-corrected chi connectivity index (χ2v) is 2.57. The summed E-state index contributed by atoms with van der Waals surface area (Å²) in [6.07, 6.45) is 4.97. The maximum atomic E-state index is 5.36. The summed E-state index contributed by atoms with van der Waals surface area (Å²) in [5.41, 5.74) is 6.41. The summed E-state index contributed by atoms with van der Waals surface area (Å²) in [5.74, 6) is 0. The van der Waals surface area contributed by atoms with Crippen LogP contribution in [0.2, 0.25) is 0 Å². The highest BCUT2D eigenvalue weighted by Gasteiger charge is 1.95. The third-order valence-electron chi connectivity index (χ3n) is 1.53. The highest BCUT2D eigenvalue weighted by molar-refractivity contribution is 4.90. The summed E-state index contributed by atoms with van der Waals surface area (Å²) in [4.78, 5) is 1.58. The van der Waals surface area contributed by atoms with Gasteiger partial charge >= 0.3 is 0 Å². The molecule has 1 rings (SSSR count). The highest BCUT2D eigenvalue weighted by Crippen LogP contribution is 1.98. The van der Waals surface area contributed by atoms with Crippen LogP contribution < -0.4 is 5.73 Å². The molecule has 0 aliphatic rings. The lowest BCUT2D eigenvalue weighted by molar-refractivity contribution is 0.637. The molecule has 0 spiro atoms. The Morgan fingerprint density at radius 1 is 1.55 bits per heavy atom. The fourth-order valence-electron chi connectivity index (χ4n) is 0.953. The van der Waals surface area contributed by atoms with Gasteiger partial charge < -0.3 is 5.73 Å². The zero-order valence-electron chi connectivity index (χ0n) is 6.82. The fourth-order valence-corrected chi connectivity index (χ4v) is 0.953. The second kappa shape index (κ2) is 4.08. The van der Waals surface area contributed by atoms with Crippen LogP contribution in [0.15, 0.2) is 6.20 Å². The molecule has 0 fully saturated rings. The normalized spacial score (nSPS) is 10.4. The van der Waals surface area contributed by atoms with Crippen molar-refractivity contribution in [3.8, 4) is 0 Å². The van der Waals surface area contributed by atoms with E-state index in [1.54, 1.807) is 11.0 Å². The van der Waals surface area contributed by atoms with Gasteiger partial charge in [0.05, 0.1) is 11.9 Å². The van der Waals surface area contributed by atoms with Crippen molar-refractivity contribution in [1.29, 1.82) is 0 Å². The molecule has 0 amide bonds. The van der Waals surface area contributed by atoms with E-state index >= 15 is 0 Å². The summed E-state index contributed by atoms with van der Waals surface area (Å²) in [6, 6.07) is 0. The van der Waals surface area contributed by atoms with Crippen LogP contribution in [0.25, 0.3) is 0 Å². The Morgan fingerprint density at radius 3 is 2.91 bits per heavy atom. The molecule has 0 aliphatic carbocycles. The molecule has 1 aromatic rings. The second-order valence-electron chi connectivity index (χ2n) is 2.57. The van der Waals surface area contributed by atoms with Gasteiger partial charge in [0.15, 0.2) is 0 Å². The number of aromatic nitrogens is 3. The first-order chi connectivity index (χ1) is 5.33. The molecule has 1 aromatic heterocycles. The summed E-state index contributed by atoms with van der Waals surface area (Å²) >= 11 is 0. The van der Waals surface area contributed by atoms with Crippen LogP contribution in [-0.4, -0.2) is 21.5 Å². The van der Waals surface area contributed by atoms with E-state index in [-0.39, 0.29) is 0 Å². The monoisotopic (exact) mass is 154 g/mol. The summed E-state index contributed by atoms with van der Waals surface area (Å²) in [5, 5.41) is 8.12. The van der Waals surface area contributed by atoms with E-state index in [9.17, 15) is 0 Å². The molecule has 62 valence electrons. The third-order valence-corrected chi connectivity index (χ3v) is 1.53. The first kappa shape index (κ1) is 8.20. The maximum absolute atomic E-state index is 5.36. The predicted octanol–water partition coefficient (Wildman–Crippen LogP) is 0.0965. The van der Waals surface area contributed by atoms with Gasteiger partial charge in [-0.3, -0.25) is 0 Å². The van der Waals surface area contributed by atoms with Gasteiger partial charge in [-0.1, -0.05) is 0 Å². The Bertz CT molecular complexity index is 206. The molecule has 0 atom stereocenters. The molecule has 0 aliphatic heterocycles. The van der Waals surface area contributed by atoms with Gasteiger partial charge in [0.25, 0.3) is 0 Å². The van der Waals surface area contributed by atoms with Crippen molar-refractivity contribution in [2.24, 2.45) is 12.8 Å². The van der Waals surface area contributed by atoms with Gasteiger partial charge in [-0.05, 0) is 25.8 Å². The number of nitrogens with two attached hydrogens (primary N) is 1. The fraction of sp³-hybridized carbons (Fsp3) is 0.714. The van der Waals surface area contributed by atoms with Crippen LogP contribution in [0.4, 0.5) is 0 Å². The van der Waals surface area contributed by atoms with E-state index in [0.717, 1.165) is 31.5 Å². The van der Waals surface area contributed by atoms with Crippen LogP contribution >= 0.6 is 0 Å². The van der Waals surface area contributed by atoms with Crippen molar-refractivity contribution in [2.45, 2.75) is 19.3 Å². The lowest BCUT2D eigenvalue weighted by atomic mass is 10.2. The molecule has 0 aromatic carbocycles. The van der Waals surface area contributed by atoms with Crippen LogP contribution in [0.5, 0.6) is 0 Å². The smallest absolute Gasteiger partial charge is 0.0827 e. The van der Waals surface area contributed by atoms with Gasteiger partial charge in [-0.25, -0.2) is 0 Å². The van der Waals surface area contributed by atoms with Crippen molar-refractivity contribution >= 4 is 0 Å². The van der Waals surface area contributed by atoms with Gasteiger partial charge in [0.2, 0.25) is 0 Å². The van der Waals surface area contributed by atoms with Gasteiger partial charge in [-0.15, -0.1) is 0 Å². The van der Waals surface area contributed by atoms with E-state index in [1.165, 1.54) is 0 Å². The summed E-state index contributed by atoms with van der Waals surface area (Å²) < 4.78 is 0. The number of hydrogen-bond donors (Lipinski definition) is 1. The van der Waals surface area contributed by atoms with Crippen molar-refractivity contribution in [1.82, 2.24) is 15.0 Å². The number of rotatable bonds is 4. The molecule has 4 heteroatoms.